The number of amides is 2. The molecule has 31 heavy (non-hydrogen) atoms. The van der Waals surface area contributed by atoms with Gasteiger partial charge in [0.1, 0.15) is 5.54 Å². The molecule has 2 aliphatic rings. The SMILES string of the molecule is O=C1CC(C=Cc2ccccc2)(Nc2ccc([N+](=O)[O-])cc2)C(=O)N1C1CCCCC1. The third kappa shape index (κ3) is 4.35. The van der Waals surface area contributed by atoms with Crippen LogP contribution < -0.4 is 5.32 Å². The molecule has 1 unspecified atom stereocenters. The molecular formula is C24H25N3O4. The average Bonchev–Trinajstić information content (AvgIpc) is 3.03. The van der Waals surface area contributed by atoms with Crippen molar-refractivity contribution in [1.29, 1.82) is 0 Å². The highest BCUT2D eigenvalue weighted by molar-refractivity contribution is 6.12. The molecule has 0 bridgehead atoms. The Labute approximate surface area is 180 Å². The van der Waals surface area contributed by atoms with Gasteiger partial charge in [-0.05, 0) is 36.6 Å². The Morgan fingerprint density at radius 2 is 1.68 bits per heavy atom. The van der Waals surface area contributed by atoms with E-state index < -0.39 is 10.5 Å². The van der Waals surface area contributed by atoms with Crippen molar-refractivity contribution < 1.29 is 14.5 Å². The van der Waals surface area contributed by atoms with Crippen molar-refractivity contribution in [3.05, 3.63) is 76.4 Å². The summed E-state index contributed by atoms with van der Waals surface area (Å²) in [5.74, 6) is -0.432. The number of nitrogens with zero attached hydrogens (tertiary/aromatic N) is 2. The average molecular weight is 419 g/mol. The van der Waals surface area contributed by atoms with E-state index in [-0.39, 0.29) is 30.0 Å². The molecule has 1 saturated carbocycles. The molecule has 0 radical (unpaired) electrons. The van der Waals surface area contributed by atoms with Gasteiger partial charge in [-0.3, -0.25) is 24.6 Å². The van der Waals surface area contributed by atoms with E-state index in [2.05, 4.69) is 5.32 Å². The maximum Gasteiger partial charge on any atom is 0.269 e. The number of imide groups is 1. The number of non-ortho nitro benzene ring substituents is 1. The molecule has 2 fully saturated rings. The Balaban J connectivity index is 1.67. The second kappa shape index (κ2) is 8.71. The zero-order valence-electron chi connectivity index (χ0n) is 17.2. The summed E-state index contributed by atoms with van der Waals surface area (Å²) in [6.07, 6.45) is 8.46. The number of carbonyl (C=O) groups is 2. The Hall–Kier alpha value is -3.48. The van der Waals surface area contributed by atoms with Crippen LogP contribution in [0.5, 0.6) is 0 Å². The van der Waals surface area contributed by atoms with Crippen LogP contribution in [0.15, 0.2) is 60.7 Å². The first-order valence-electron chi connectivity index (χ1n) is 10.6. The number of nitro groups is 1. The summed E-state index contributed by atoms with van der Waals surface area (Å²) in [7, 11) is 0. The monoisotopic (exact) mass is 419 g/mol. The molecule has 1 aliphatic heterocycles. The molecule has 1 N–H and O–H groups in total. The van der Waals surface area contributed by atoms with Crippen LogP contribution in [0.4, 0.5) is 11.4 Å². The van der Waals surface area contributed by atoms with Crippen LogP contribution in [0, 0.1) is 10.1 Å². The summed E-state index contributed by atoms with van der Waals surface area (Å²) in [6.45, 7) is 0. The number of benzene rings is 2. The summed E-state index contributed by atoms with van der Waals surface area (Å²) in [5.41, 5.74) is 0.219. The number of likely N-dealkylation sites (tertiary alicyclic amines) is 1. The standard InChI is InChI=1S/C24H25N3O4/c28-22-17-24(16-15-18-7-3-1-4-8-18,23(29)26(22)20-9-5-2-6-10-20)25-19-11-13-21(14-12-19)27(30)31/h1,3-4,7-8,11-16,20,25H,2,5-6,9-10,17H2. The van der Waals surface area contributed by atoms with Crippen LogP contribution in [0.25, 0.3) is 6.08 Å². The van der Waals surface area contributed by atoms with Gasteiger partial charge in [-0.25, -0.2) is 0 Å². The van der Waals surface area contributed by atoms with Crippen LogP contribution in [0.1, 0.15) is 44.1 Å². The first-order chi connectivity index (χ1) is 15.0. The molecule has 2 aromatic rings. The zero-order valence-corrected chi connectivity index (χ0v) is 17.2. The molecule has 4 rings (SSSR count). The first-order valence-corrected chi connectivity index (χ1v) is 10.6. The fourth-order valence-electron chi connectivity index (χ4n) is 4.43. The lowest BCUT2D eigenvalue weighted by Crippen LogP contribution is -2.48. The fraction of sp³-hybridized carbons (Fsp3) is 0.333. The van der Waals surface area contributed by atoms with Gasteiger partial charge < -0.3 is 5.32 Å². The van der Waals surface area contributed by atoms with Crippen LogP contribution in [0.3, 0.4) is 0 Å². The van der Waals surface area contributed by atoms with Crippen LogP contribution in [0.2, 0.25) is 0 Å². The summed E-state index contributed by atoms with van der Waals surface area (Å²) >= 11 is 0. The zero-order chi connectivity index (χ0) is 21.8. The van der Waals surface area contributed by atoms with Crippen LogP contribution in [-0.4, -0.2) is 33.2 Å². The third-order valence-electron chi connectivity index (χ3n) is 6.04. The van der Waals surface area contributed by atoms with Crippen molar-refractivity contribution in [2.45, 2.75) is 50.1 Å². The molecule has 2 aromatic carbocycles. The predicted molar refractivity (Wildman–Crippen MR) is 118 cm³/mol. The lowest BCUT2D eigenvalue weighted by Gasteiger charge is -2.32. The van der Waals surface area contributed by atoms with Gasteiger partial charge in [0, 0.05) is 23.9 Å². The van der Waals surface area contributed by atoms with Gasteiger partial charge in [0.25, 0.3) is 11.6 Å². The van der Waals surface area contributed by atoms with Gasteiger partial charge in [0.2, 0.25) is 5.91 Å². The molecule has 160 valence electrons. The lowest BCUT2D eigenvalue weighted by molar-refractivity contribution is -0.384. The van der Waals surface area contributed by atoms with Gasteiger partial charge >= 0.3 is 0 Å². The van der Waals surface area contributed by atoms with Gasteiger partial charge in [-0.1, -0.05) is 55.7 Å². The minimum absolute atomic E-state index is 0.0165. The van der Waals surface area contributed by atoms with Crippen molar-refractivity contribution >= 4 is 29.3 Å². The quantitative estimate of drug-likeness (QED) is 0.421. The second-order valence-corrected chi connectivity index (χ2v) is 8.18. The van der Waals surface area contributed by atoms with Crippen molar-refractivity contribution in [1.82, 2.24) is 4.90 Å². The molecule has 1 saturated heterocycles. The van der Waals surface area contributed by atoms with E-state index in [0.717, 1.165) is 37.7 Å². The number of nitro benzene ring substituents is 1. The minimum Gasteiger partial charge on any atom is -0.368 e. The lowest BCUT2D eigenvalue weighted by atomic mass is 9.93. The van der Waals surface area contributed by atoms with Crippen LogP contribution >= 0.6 is 0 Å². The van der Waals surface area contributed by atoms with Crippen molar-refractivity contribution in [2.24, 2.45) is 0 Å². The maximum atomic E-state index is 13.6. The Morgan fingerprint density at radius 3 is 2.32 bits per heavy atom. The van der Waals surface area contributed by atoms with Gasteiger partial charge in [-0.15, -0.1) is 0 Å². The second-order valence-electron chi connectivity index (χ2n) is 8.18. The highest BCUT2D eigenvalue weighted by Gasteiger charge is 2.52. The highest BCUT2D eigenvalue weighted by atomic mass is 16.6. The molecule has 1 heterocycles. The molecule has 0 spiro atoms. The number of nitrogens with one attached hydrogen (secondary N) is 1. The van der Waals surface area contributed by atoms with Crippen LogP contribution in [-0.2, 0) is 9.59 Å². The first kappa shape index (κ1) is 20.8. The third-order valence-corrected chi connectivity index (χ3v) is 6.04. The van der Waals surface area contributed by atoms with Gasteiger partial charge in [0.15, 0.2) is 0 Å². The Kier molecular flexibility index (Phi) is 5.84. The maximum absolute atomic E-state index is 13.6. The molecule has 1 aliphatic carbocycles. The van der Waals surface area contributed by atoms with Crippen molar-refractivity contribution in [2.75, 3.05) is 5.32 Å². The molecule has 7 heteroatoms. The summed E-state index contributed by atoms with van der Waals surface area (Å²) in [4.78, 5) is 38.6. The van der Waals surface area contributed by atoms with Crippen molar-refractivity contribution in [3.8, 4) is 0 Å². The Morgan fingerprint density at radius 1 is 1.00 bits per heavy atom. The summed E-state index contributed by atoms with van der Waals surface area (Å²) in [6, 6.07) is 15.4. The van der Waals surface area contributed by atoms with E-state index in [4.69, 9.17) is 0 Å². The fourth-order valence-corrected chi connectivity index (χ4v) is 4.43. The number of rotatable bonds is 6. The highest BCUT2D eigenvalue weighted by Crippen LogP contribution is 2.35. The molecule has 7 nitrogen and oxygen atoms in total. The molecule has 0 aromatic heterocycles. The number of hydrogen-bond acceptors (Lipinski definition) is 5. The van der Waals surface area contributed by atoms with Gasteiger partial charge in [-0.2, -0.15) is 0 Å². The molecular weight excluding hydrogens is 394 g/mol. The summed E-state index contributed by atoms with van der Waals surface area (Å²) < 4.78 is 0. The van der Waals surface area contributed by atoms with E-state index in [9.17, 15) is 19.7 Å². The van der Waals surface area contributed by atoms with Gasteiger partial charge in [0.05, 0.1) is 11.3 Å². The van der Waals surface area contributed by atoms with E-state index in [1.54, 1.807) is 18.2 Å². The summed E-state index contributed by atoms with van der Waals surface area (Å²) in [5, 5.41) is 14.2. The Bertz CT molecular complexity index is 997. The number of hydrogen-bond donors (Lipinski definition) is 1. The van der Waals surface area contributed by atoms with E-state index in [1.807, 2.05) is 36.4 Å². The minimum atomic E-state index is -1.22. The van der Waals surface area contributed by atoms with E-state index in [0.29, 0.717) is 5.69 Å². The topological polar surface area (TPSA) is 92.5 Å². The molecule has 1 atom stereocenters. The number of anilines is 1. The van der Waals surface area contributed by atoms with E-state index >= 15 is 0 Å². The smallest absolute Gasteiger partial charge is 0.269 e. The molecule has 2 amide bonds. The predicted octanol–water partition coefficient (Wildman–Crippen LogP) is 4.55. The van der Waals surface area contributed by atoms with Crippen molar-refractivity contribution in [3.63, 3.8) is 0 Å². The normalized spacial score (nSPS) is 22.3. The number of carbonyl (C=O) groups excluding carboxylic acids is 2. The van der Waals surface area contributed by atoms with E-state index in [1.165, 1.54) is 17.0 Å². The largest absolute Gasteiger partial charge is 0.368 e.